The number of aliphatic hydroxyl groups excluding tert-OH is 1. The maximum atomic E-state index is 15.8. The smallest absolute Gasteiger partial charge is 0.327 e. The molecule has 1 saturated heterocycles. The third-order valence-electron chi connectivity index (χ3n) is 10.1. The number of imidazole rings is 1. The topological polar surface area (TPSA) is 264 Å². The predicted molar refractivity (Wildman–Crippen MR) is 212 cm³/mol. The first-order valence-electron chi connectivity index (χ1n) is 18.4. The molecule has 58 heavy (non-hydrogen) atoms. The largest absolute Gasteiger partial charge is 0.471 e. The van der Waals surface area contributed by atoms with Crippen molar-refractivity contribution in [1.29, 1.82) is 5.26 Å². The monoisotopic (exact) mass is 890 g/mol. The molecule has 2 aliphatic rings. The van der Waals surface area contributed by atoms with E-state index in [4.69, 9.17) is 43.8 Å². The van der Waals surface area contributed by atoms with Crippen molar-refractivity contribution in [3.63, 3.8) is 0 Å². The Bertz CT molecular complexity index is 2070. The molecule has 3 aromatic heterocycles. The lowest BCUT2D eigenvalue weighted by Crippen LogP contribution is -2.50. The van der Waals surface area contributed by atoms with Crippen molar-refractivity contribution in [3.05, 3.63) is 35.3 Å². The molecule has 1 aliphatic heterocycles. The number of alkyl halides is 1. The molecule has 20 nitrogen and oxygen atoms in total. The Morgan fingerprint density at radius 1 is 1.28 bits per heavy atom. The van der Waals surface area contributed by atoms with Crippen molar-refractivity contribution >= 4 is 58.1 Å². The number of H-pyrrole nitrogens is 1. The number of halogens is 1. The van der Waals surface area contributed by atoms with Gasteiger partial charge in [0.25, 0.3) is 5.56 Å². The molecule has 0 bridgehead atoms. The number of carbonyl (C=O) groups is 1. The van der Waals surface area contributed by atoms with E-state index >= 15 is 4.39 Å². The van der Waals surface area contributed by atoms with Crippen molar-refractivity contribution in [1.82, 2.24) is 29.5 Å². The van der Waals surface area contributed by atoms with E-state index in [0.717, 1.165) is 0 Å². The van der Waals surface area contributed by atoms with Crippen LogP contribution in [0.1, 0.15) is 53.7 Å². The van der Waals surface area contributed by atoms with Gasteiger partial charge in [0.15, 0.2) is 31.9 Å². The summed E-state index contributed by atoms with van der Waals surface area (Å²) in [5, 5.41) is 22.3. The van der Waals surface area contributed by atoms with Crippen molar-refractivity contribution in [2.75, 3.05) is 25.1 Å². The Balaban J connectivity index is 1.53. The Kier molecular flexibility index (Phi) is 15.1. The number of aromatic nitrogens is 6. The molecule has 1 aliphatic carbocycles. The van der Waals surface area contributed by atoms with Crippen LogP contribution in [0.25, 0.3) is 11.2 Å². The number of fused-ring (bicyclic) bond motifs is 1. The van der Waals surface area contributed by atoms with Gasteiger partial charge in [-0.3, -0.25) is 33.5 Å². The first-order chi connectivity index (χ1) is 27.3. The molecule has 2 fully saturated rings. The summed E-state index contributed by atoms with van der Waals surface area (Å²) >= 11 is 5.95. The summed E-state index contributed by atoms with van der Waals surface area (Å²) in [6.07, 6.45) is -5.37. The van der Waals surface area contributed by atoms with Gasteiger partial charge in [0, 0.05) is 24.1 Å². The second kappa shape index (κ2) is 19.1. The summed E-state index contributed by atoms with van der Waals surface area (Å²) in [7, 11) is -6.33. The van der Waals surface area contributed by atoms with Crippen LogP contribution >= 0.6 is 15.0 Å². The molecular formula is C33H49FN8O12P2SSi. The van der Waals surface area contributed by atoms with E-state index in [0.29, 0.717) is 0 Å². The number of aliphatic hydroxyl groups is 1. The van der Waals surface area contributed by atoms with Crippen LogP contribution in [0, 0.1) is 23.2 Å². The second-order valence-corrected chi connectivity index (χ2v) is 24.0. The molecule has 4 heterocycles. The summed E-state index contributed by atoms with van der Waals surface area (Å²) in [4.78, 5) is 54.4. The summed E-state index contributed by atoms with van der Waals surface area (Å²) in [6.45, 7) is 8.12. The van der Waals surface area contributed by atoms with Crippen molar-refractivity contribution in [2.45, 2.75) is 109 Å². The average Bonchev–Trinajstić information content (AvgIpc) is 3.80. The molecule has 3 aromatic rings. The highest BCUT2D eigenvalue weighted by molar-refractivity contribution is 8.07. The summed E-state index contributed by atoms with van der Waals surface area (Å²) < 4.78 is 72.0. The van der Waals surface area contributed by atoms with Crippen LogP contribution < -0.4 is 15.6 Å². The van der Waals surface area contributed by atoms with Gasteiger partial charge in [0.05, 0.1) is 38.6 Å². The van der Waals surface area contributed by atoms with Crippen LogP contribution in [-0.4, -0.2) is 110 Å². The minimum atomic E-state index is -4.04. The molecule has 25 heteroatoms. The Morgan fingerprint density at radius 2 is 2.02 bits per heavy atom. The molecule has 1 saturated carbocycles. The molecule has 0 aromatic carbocycles. The summed E-state index contributed by atoms with van der Waals surface area (Å²) in [5.41, 5.74) is -0.777. The zero-order valence-electron chi connectivity index (χ0n) is 32.9. The molecule has 0 spiro atoms. The molecule has 10 atom stereocenters. The van der Waals surface area contributed by atoms with E-state index in [1.807, 2.05) is 39.9 Å². The zero-order chi connectivity index (χ0) is 42.6. The third-order valence-corrected chi connectivity index (χ3v) is 17.4. The average molecular weight is 891 g/mol. The number of hydrogen-bond donors (Lipinski definition) is 4. The third kappa shape index (κ3) is 10.8. The highest BCUT2D eigenvalue weighted by Crippen LogP contribution is 2.56. The molecule has 0 radical (unpaired) electrons. The standard InChI is InChI=1S/C33H49FN8O12P2SSi/c1-18(2)29(44)40-32-39-28-24(30(45)41-32)38-17-42(28)31-27(26(21(14-43)51-31)54-58(6,7)33(3,4)5)53-56(57,48-12-8-10-35)49-15-19-13-20(23(34)25(19)52-55(46)47)50-22-9-11-36-16-37-22/h9,11,16-21,23,25-27,31,43,55H,8,12-15H2,1-7H3,(H,46,47)(H2,39,40,41,44,45)/t19-,20-,21-,23+,25-,26?,27-,31-,56?/m1/s1. The van der Waals surface area contributed by atoms with Crippen molar-refractivity contribution in [2.24, 2.45) is 11.8 Å². The van der Waals surface area contributed by atoms with Gasteiger partial charge in [-0.1, -0.05) is 34.6 Å². The van der Waals surface area contributed by atoms with Crippen LogP contribution in [-0.2, 0) is 48.4 Å². The van der Waals surface area contributed by atoms with Gasteiger partial charge in [-0.25, -0.2) is 19.3 Å². The number of hydrogen-bond acceptors (Lipinski definition) is 17. The maximum Gasteiger partial charge on any atom is 0.327 e. The van der Waals surface area contributed by atoms with Crippen LogP contribution in [0.5, 0.6) is 5.88 Å². The number of nitrogens with one attached hydrogen (secondary N) is 2. The van der Waals surface area contributed by atoms with E-state index in [1.165, 1.54) is 29.5 Å². The summed E-state index contributed by atoms with van der Waals surface area (Å²) in [6, 6.07) is 3.40. The van der Waals surface area contributed by atoms with Gasteiger partial charge >= 0.3 is 15.0 Å². The molecule has 320 valence electrons. The number of nitriles is 1. The normalized spacial score (nSPS) is 26.7. The van der Waals surface area contributed by atoms with Crippen molar-refractivity contribution < 1.29 is 55.7 Å². The fraction of sp³-hybridized carbons (Fsp3) is 0.667. The van der Waals surface area contributed by atoms with E-state index in [-0.39, 0.29) is 47.5 Å². The number of ether oxygens (including phenoxy) is 2. The van der Waals surface area contributed by atoms with E-state index in [1.54, 1.807) is 13.8 Å². The van der Waals surface area contributed by atoms with Gasteiger partial charge < -0.3 is 37.5 Å². The van der Waals surface area contributed by atoms with E-state index in [2.05, 4.69) is 30.2 Å². The maximum absolute atomic E-state index is 15.8. The van der Waals surface area contributed by atoms with Crippen LogP contribution in [0.4, 0.5) is 10.3 Å². The molecule has 5 rings (SSSR count). The lowest BCUT2D eigenvalue weighted by Gasteiger charge is -2.41. The molecule has 3 unspecified atom stereocenters. The van der Waals surface area contributed by atoms with Crippen LogP contribution in [0.3, 0.4) is 0 Å². The van der Waals surface area contributed by atoms with Gasteiger partial charge in [0.2, 0.25) is 17.7 Å². The lowest BCUT2D eigenvalue weighted by atomic mass is 10.1. The van der Waals surface area contributed by atoms with Gasteiger partial charge in [0.1, 0.15) is 36.8 Å². The zero-order valence-corrected chi connectivity index (χ0v) is 36.6. The predicted octanol–water partition coefficient (Wildman–Crippen LogP) is 3.91. The number of aromatic amines is 1. The van der Waals surface area contributed by atoms with Crippen LogP contribution in [0.15, 0.2) is 29.7 Å². The summed E-state index contributed by atoms with van der Waals surface area (Å²) in [5.74, 6) is -1.83. The Labute approximate surface area is 340 Å². The highest BCUT2D eigenvalue weighted by atomic mass is 32.5. The molecule has 4 N–H and O–H groups in total. The quantitative estimate of drug-likeness (QED) is 0.0801. The fourth-order valence-electron chi connectivity index (χ4n) is 6.01. The number of rotatable bonds is 18. The van der Waals surface area contributed by atoms with Gasteiger partial charge in [-0.2, -0.15) is 10.2 Å². The number of amides is 1. The SMILES string of the molecule is CC(C)C(=O)Nc1nc2c(ncn2[C@@H]2O[C@H](CO)C(O[Si](C)(C)C(C)(C)C)[C@H]2OP(=S)(OCCC#N)OC[C@H]2C[C@@H](Oc3ccncn3)[C@H](F)[C@@H]2O[PH](=O)O)c(=O)[nH]1. The van der Waals surface area contributed by atoms with E-state index in [9.17, 15) is 29.4 Å². The molecule has 1 amide bonds. The van der Waals surface area contributed by atoms with Crippen LogP contribution in [0.2, 0.25) is 18.1 Å². The first kappa shape index (κ1) is 46.0. The van der Waals surface area contributed by atoms with Gasteiger partial charge in [-0.05, 0) is 36.4 Å². The van der Waals surface area contributed by atoms with Crippen molar-refractivity contribution in [3.8, 4) is 11.9 Å². The number of anilines is 1. The fourth-order valence-corrected chi connectivity index (χ4v) is 10.00. The Hall–Kier alpha value is -3.10. The number of nitrogens with zero attached hydrogens (tertiary/aromatic N) is 6. The Morgan fingerprint density at radius 3 is 2.64 bits per heavy atom. The first-order valence-corrected chi connectivity index (χ1v) is 25.1. The second-order valence-electron chi connectivity index (χ2n) is 15.5. The highest BCUT2D eigenvalue weighted by Gasteiger charge is 2.54. The molecular weight excluding hydrogens is 842 g/mol. The minimum absolute atomic E-state index is 0.0143. The number of carbonyl (C=O) groups excluding carboxylic acids is 1. The van der Waals surface area contributed by atoms with E-state index < -0.39 is 103 Å². The lowest BCUT2D eigenvalue weighted by molar-refractivity contribution is -0.118. The minimum Gasteiger partial charge on any atom is -0.471 e. The van der Waals surface area contributed by atoms with Gasteiger partial charge in [-0.15, -0.1) is 0 Å².